The van der Waals surface area contributed by atoms with Crippen LogP contribution in [-0.2, 0) is 4.79 Å². The van der Waals surface area contributed by atoms with Crippen molar-refractivity contribution in [3.05, 3.63) is 64.7 Å². The summed E-state index contributed by atoms with van der Waals surface area (Å²) in [4.78, 5) is 25.3. The van der Waals surface area contributed by atoms with Gasteiger partial charge in [0.25, 0.3) is 5.91 Å². The van der Waals surface area contributed by atoms with Gasteiger partial charge in [0.05, 0.1) is 0 Å². The van der Waals surface area contributed by atoms with Crippen LogP contribution in [0, 0.1) is 20.8 Å². The van der Waals surface area contributed by atoms with Crippen molar-refractivity contribution < 1.29 is 9.59 Å². The van der Waals surface area contributed by atoms with E-state index in [1.54, 1.807) is 23.9 Å². The van der Waals surface area contributed by atoms with E-state index >= 15 is 0 Å². The summed E-state index contributed by atoms with van der Waals surface area (Å²) in [5.74, 6) is 0.374. The van der Waals surface area contributed by atoms with Gasteiger partial charge in [0, 0.05) is 11.3 Å². The Bertz CT molecular complexity index is 772. The molecule has 0 radical (unpaired) electrons. The number of nitrogens with one attached hydrogen (secondary N) is 2. The van der Waals surface area contributed by atoms with Crippen LogP contribution in [0.2, 0.25) is 0 Å². The molecule has 2 amide bonds. The van der Waals surface area contributed by atoms with Gasteiger partial charge in [-0.1, -0.05) is 29.8 Å². The first-order chi connectivity index (χ1) is 12.4. The molecule has 0 saturated heterocycles. The first-order valence-electron chi connectivity index (χ1n) is 8.66. The van der Waals surface area contributed by atoms with Crippen molar-refractivity contribution in [2.45, 2.75) is 33.2 Å². The number of hydrogen-bond acceptors (Lipinski definition) is 3. The van der Waals surface area contributed by atoms with E-state index in [2.05, 4.69) is 10.6 Å². The molecule has 2 aromatic carbocycles. The smallest absolute Gasteiger partial charge is 0.251 e. The lowest BCUT2D eigenvalue weighted by molar-refractivity contribution is -0.118. The maximum absolute atomic E-state index is 12.8. The Morgan fingerprint density at radius 3 is 2.38 bits per heavy atom. The molecule has 0 heterocycles. The lowest BCUT2D eigenvalue weighted by atomic mass is 10.1. The number of rotatable bonds is 7. The van der Waals surface area contributed by atoms with E-state index in [0.29, 0.717) is 12.0 Å². The summed E-state index contributed by atoms with van der Waals surface area (Å²) in [6.07, 6.45) is 2.57. The van der Waals surface area contributed by atoms with Crippen LogP contribution >= 0.6 is 11.8 Å². The number of thioether (sulfide) groups is 1. The lowest BCUT2D eigenvalue weighted by Crippen LogP contribution is -2.44. The first kappa shape index (κ1) is 20.0. The molecule has 138 valence electrons. The Morgan fingerprint density at radius 1 is 1.04 bits per heavy atom. The Balaban J connectivity index is 2.12. The molecule has 0 unspecified atom stereocenters. The SMILES string of the molecule is CSCC[C@@H](NC(=O)c1ccc(C)cc1)C(=O)Nc1cccc(C)c1C. The van der Waals surface area contributed by atoms with Gasteiger partial charge in [-0.25, -0.2) is 0 Å². The minimum atomic E-state index is -0.573. The van der Waals surface area contributed by atoms with Gasteiger partial charge in [0.2, 0.25) is 5.91 Å². The molecule has 2 rings (SSSR count). The number of carbonyl (C=O) groups is 2. The summed E-state index contributed by atoms with van der Waals surface area (Å²) in [6, 6.07) is 12.6. The van der Waals surface area contributed by atoms with Crippen molar-refractivity contribution >= 4 is 29.3 Å². The minimum Gasteiger partial charge on any atom is -0.340 e. The van der Waals surface area contributed by atoms with E-state index in [9.17, 15) is 9.59 Å². The third-order valence-electron chi connectivity index (χ3n) is 4.41. The highest BCUT2D eigenvalue weighted by molar-refractivity contribution is 7.98. The Labute approximate surface area is 159 Å². The number of benzene rings is 2. The monoisotopic (exact) mass is 370 g/mol. The van der Waals surface area contributed by atoms with Gasteiger partial charge in [0.15, 0.2) is 0 Å². The van der Waals surface area contributed by atoms with Gasteiger partial charge in [-0.2, -0.15) is 11.8 Å². The van der Waals surface area contributed by atoms with Crippen LogP contribution in [0.5, 0.6) is 0 Å². The molecular formula is C21H26N2O2S. The zero-order valence-corrected chi connectivity index (χ0v) is 16.6. The van der Waals surface area contributed by atoms with Gasteiger partial charge >= 0.3 is 0 Å². The van der Waals surface area contributed by atoms with Crippen LogP contribution in [0.3, 0.4) is 0 Å². The van der Waals surface area contributed by atoms with Crippen molar-refractivity contribution in [1.82, 2.24) is 5.32 Å². The number of hydrogen-bond donors (Lipinski definition) is 2. The van der Waals surface area contributed by atoms with E-state index in [1.165, 1.54) is 0 Å². The zero-order chi connectivity index (χ0) is 19.1. The summed E-state index contributed by atoms with van der Waals surface area (Å²) < 4.78 is 0. The highest BCUT2D eigenvalue weighted by Crippen LogP contribution is 2.18. The van der Waals surface area contributed by atoms with E-state index in [-0.39, 0.29) is 11.8 Å². The van der Waals surface area contributed by atoms with E-state index < -0.39 is 6.04 Å². The fraction of sp³-hybridized carbons (Fsp3) is 0.333. The van der Waals surface area contributed by atoms with Gasteiger partial charge in [0.1, 0.15) is 6.04 Å². The topological polar surface area (TPSA) is 58.2 Å². The van der Waals surface area contributed by atoms with Crippen molar-refractivity contribution in [2.24, 2.45) is 0 Å². The van der Waals surface area contributed by atoms with Crippen LogP contribution in [0.15, 0.2) is 42.5 Å². The third kappa shape index (κ3) is 5.36. The number of amides is 2. The molecule has 0 bridgehead atoms. The van der Waals surface area contributed by atoms with Gasteiger partial charge < -0.3 is 10.6 Å². The third-order valence-corrected chi connectivity index (χ3v) is 5.05. The molecule has 0 fully saturated rings. The molecule has 0 aliphatic carbocycles. The molecule has 0 aliphatic rings. The quantitative estimate of drug-likeness (QED) is 0.771. The average Bonchev–Trinajstić information content (AvgIpc) is 2.62. The number of anilines is 1. The fourth-order valence-electron chi connectivity index (χ4n) is 2.56. The summed E-state index contributed by atoms with van der Waals surface area (Å²) in [7, 11) is 0. The molecule has 0 spiro atoms. The van der Waals surface area contributed by atoms with Crippen LogP contribution in [0.1, 0.15) is 33.5 Å². The molecule has 5 heteroatoms. The summed E-state index contributed by atoms with van der Waals surface area (Å²) in [5, 5.41) is 5.84. The molecule has 2 N–H and O–H groups in total. The molecule has 2 aromatic rings. The van der Waals surface area contributed by atoms with Crippen LogP contribution < -0.4 is 10.6 Å². The second-order valence-corrected chi connectivity index (χ2v) is 7.40. The standard InChI is InChI=1S/C21H26N2O2S/c1-14-8-10-17(11-9-14)20(24)23-19(12-13-26-4)21(25)22-18-7-5-6-15(2)16(18)3/h5-11,19H,12-13H2,1-4H3,(H,22,25)(H,23,24)/t19-/m1/s1. The normalized spacial score (nSPS) is 11.7. The van der Waals surface area contributed by atoms with E-state index in [4.69, 9.17) is 0 Å². The maximum atomic E-state index is 12.8. The summed E-state index contributed by atoms with van der Waals surface area (Å²) >= 11 is 1.65. The van der Waals surface area contributed by atoms with Gasteiger partial charge in [-0.15, -0.1) is 0 Å². The molecule has 4 nitrogen and oxygen atoms in total. The number of aryl methyl sites for hydroxylation is 2. The summed E-state index contributed by atoms with van der Waals surface area (Å²) in [5.41, 5.74) is 4.59. The molecule has 0 saturated carbocycles. The second-order valence-electron chi connectivity index (χ2n) is 6.41. The van der Waals surface area contributed by atoms with Crippen LogP contribution in [0.4, 0.5) is 5.69 Å². The maximum Gasteiger partial charge on any atom is 0.251 e. The van der Waals surface area contributed by atoms with E-state index in [1.807, 2.05) is 57.4 Å². The molecular weight excluding hydrogens is 344 g/mol. The van der Waals surface area contributed by atoms with Crippen molar-refractivity contribution in [2.75, 3.05) is 17.3 Å². The first-order valence-corrected chi connectivity index (χ1v) is 10.1. The van der Waals surface area contributed by atoms with E-state index in [0.717, 1.165) is 28.1 Å². The van der Waals surface area contributed by atoms with Crippen LogP contribution in [-0.4, -0.2) is 29.9 Å². The van der Waals surface area contributed by atoms with Gasteiger partial charge in [-0.05, 0) is 68.5 Å². The highest BCUT2D eigenvalue weighted by atomic mass is 32.2. The Kier molecular flexibility index (Phi) is 7.27. The largest absolute Gasteiger partial charge is 0.340 e. The van der Waals surface area contributed by atoms with Crippen molar-refractivity contribution in [3.63, 3.8) is 0 Å². The fourth-order valence-corrected chi connectivity index (χ4v) is 3.03. The average molecular weight is 371 g/mol. The second kappa shape index (κ2) is 9.43. The van der Waals surface area contributed by atoms with Crippen molar-refractivity contribution in [1.29, 1.82) is 0 Å². The molecule has 0 aromatic heterocycles. The summed E-state index contributed by atoms with van der Waals surface area (Å²) in [6.45, 7) is 5.96. The Hall–Kier alpha value is -2.27. The number of carbonyl (C=O) groups excluding carboxylic acids is 2. The zero-order valence-electron chi connectivity index (χ0n) is 15.8. The molecule has 26 heavy (non-hydrogen) atoms. The highest BCUT2D eigenvalue weighted by Gasteiger charge is 2.21. The molecule has 1 atom stereocenters. The van der Waals surface area contributed by atoms with Crippen LogP contribution in [0.25, 0.3) is 0 Å². The van der Waals surface area contributed by atoms with Crippen molar-refractivity contribution in [3.8, 4) is 0 Å². The Morgan fingerprint density at radius 2 is 1.73 bits per heavy atom. The molecule has 0 aliphatic heterocycles. The predicted octanol–water partition coefficient (Wildman–Crippen LogP) is 4.10. The predicted molar refractivity (Wildman–Crippen MR) is 110 cm³/mol. The van der Waals surface area contributed by atoms with Gasteiger partial charge in [-0.3, -0.25) is 9.59 Å². The minimum absolute atomic E-state index is 0.187. The lowest BCUT2D eigenvalue weighted by Gasteiger charge is -2.19.